The van der Waals surface area contributed by atoms with Crippen LogP contribution in [0.2, 0.25) is 0 Å². The highest BCUT2D eigenvalue weighted by Gasteiger charge is 2.14. The molecule has 1 heterocycles. The molecule has 25 heavy (non-hydrogen) atoms. The number of hydrogen-bond donors (Lipinski definition) is 3. The van der Waals surface area contributed by atoms with Crippen molar-refractivity contribution < 1.29 is 9.90 Å². The SMILES string of the molecule is CCCCn1c(-c2ccc(C(=O)O)cc2)nc2cc(C(=N)N)ccc21. The van der Waals surface area contributed by atoms with Crippen LogP contribution in [-0.2, 0) is 6.54 Å². The maximum Gasteiger partial charge on any atom is 0.335 e. The molecule has 0 fully saturated rings. The molecule has 0 aliphatic heterocycles. The van der Waals surface area contributed by atoms with Crippen LogP contribution in [0.1, 0.15) is 35.7 Å². The van der Waals surface area contributed by atoms with Gasteiger partial charge >= 0.3 is 5.97 Å². The van der Waals surface area contributed by atoms with Gasteiger partial charge in [-0.05, 0) is 36.8 Å². The van der Waals surface area contributed by atoms with E-state index in [2.05, 4.69) is 11.5 Å². The van der Waals surface area contributed by atoms with Crippen molar-refractivity contribution in [1.82, 2.24) is 9.55 Å². The first-order valence-corrected chi connectivity index (χ1v) is 8.19. The number of benzene rings is 2. The molecule has 0 aliphatic rings. The Bertz CT molecular complexity index is 942. The van der Waals surface area contributed by atoms with E-state index in [4.69, 9.17) is 21.2 Å². The molecular weight excluding hydrogens is 316 g/mol. The van der Waals surface area contributed by atoms with E-state index in [-0.39, 0.29) is 11.4 Å². The van der Waals surface area contributed by atoms with E-state index in [1.54, 1.807) is 24.3 Å². The minimum absolute atomic E-state index is 0.0115. The van der Waals surface area contributed by atoms with E-state index < -0.39 is 5.97 Å². The smallest absolute Gasteiger partial charge is 0.335 e. The zero-order valence-electron chi connectivity index (χ0n) is 14.0. The van der Waals surface area contributed by atoms with Crippen molar-refractivity contribution in [3.63, 3.8) is 0 Å². The fourth-order valence-electron chi connectivity index (χ4n) is 2.82. The van der Waals surface area contributed by atoms with Gasteiger partial charge in [-0.2, -0.15) is 0 Å². The van der Waals surface area contributed by atoms with Crippen molar-refractivity contribution in [2.45, 2.75) is 26.3 Å². The number of amidine groups is 1. The highest BCUT2D eigenvalue weighted by atomic mass is 16.4. The van der Waals surface area contributed by atoms with E-state index in [0.717, 1.165) is 41.8 Å². The number of imidazole rings is 1. The molecule has 3 rings (SSSR count). The number of aromatic carboxylic acids is 1. The van der Waals surface area contributed by atoms with Crippen molar-refractivity contribution >= 4 is 22.8 Å². The first-order chi connectivity index (χ1) is 12.0. The summed E-state index contributed by atoms with van der Waals surface area (Å²) in [5.41, 5.74) is 9.09. The standard InChI is InChI=1S/C19H20N4O2/c1-2-3-10-23-16-9-8-14(17(20)21)11-15(16)22-18(23)12-4-6-13(7-5-12)19(24)25/h4-9,11H,2-3,10H2,1H3,(H3,20,21)(H,24,25). The minimum Gasteiger partial charge on any atom is -0.478 e. The summed E-state index contributed by atoms with van der Waals surface area (Å²) in [6.07, 6.45) is 2.07. The number of carboxylic acid groups (broad SMARTS) is 1. The summed E-state index contributed by atoms with van der Waals surface area (Å²) in [6.45, 7) is 2.96. The third kappa shape index (κ3) is 3.24. The number of rotatable bonds is 6. The van der Waals surface area contributed by atoms with Gasteiger partial charge in [0.05, 0.1) is 16.6 Å². The number of aromatic nitrogens is 2. The van der Waals surface area contributed by atoms with Crippen molar-refractivity contribution in [2.24, 2.45) is 5.73 Å². The Morgan fingerprint density at radius 2 is 1.88 bits per heavy atom. The molecule has 6 nitrogen and oxygen atoms in total. The summed E-state index contributed by atoms with van der Waals surface area (Å²) >= 11 is 0. The predicted octanol–water partition coefficient (Wildman–Crippen LogP) is 3.49. The fraction of sp³-hybridized carbons (Fsp3) is 0.211. The number of carboxylic acids is 1. The molecule has 0 atom stereocenters. The van der Waals surface area contributed by atoms with Gasteiger partial charge in [0.25, 0.3) is 0 Å². The molecule has 0 spiro atoms. The molecule has 1 aromatic heterocycles. The summed E-state index contributed by atoms with van der Waals surface area (Å²) < 4.78 is 2.14. The Labute approximate surface area is 145 Å². The molecule has 0 saturated carbocycles. The van der Waals surface area contributed by atoms with Gasteiger partial charge in [0.15, 0.2) is 0 Å². The van der Waals surface area contributed by atoms with Crippen molar-refractivity contribution in [3.8, 4) is 11.4 Å². The van der Waals surface area contributed by atoms with Crippen LogP contribution in [0.25, 0.3) is 22.4 Å². The molecular formula is C19H20N4O2. The highest BCUT2D eigenvalue weighted by Crippen LogP contribution is 2.26. The van der Waals surface area contributed by atoms with Gasteiger partial charge < -0.3 is 15.4 Å². The van der Waals surface area contributed by atoms with Crippen molar-refractivity contribution in [1.29, 1.82) is 5.41 Å². The van der Waals surface area contributed by atoms with Gasteiger partial charge in [0, 0.05) is 17.7 Å². The number of fused-ring (bicyclic) bond motifs is 1. The quantitative estimate of drug-likeness (QED) is 0.473. The molecule has 128 valence electrons. The molecule has 0 aliphatic carbocycles. The Morgan fingerprint density at radius 3 is 2.48 bits per heavy atom. The van der Waals surface area contributed by atoms with Crippen LogP contribution >= 0.6 is 0 Å². The number of nitrogens with zero attached hydrogens (tertiary/aromatic N) is 2. The fourth-order valence-corrected chi connectivity index (χ4v) is 2.82. The lowest BCUT2D eigenvalue weighted by Gasteiger charge is -2.09. The van der Waals surface area contributed by atoms with E-state index in [0.29, 0.717) is 5.56 Å². The second-order valence-electron chi connectivity index (χ2n) is 5.94. The molecule has 0 amide bonds. The van der Waals surface area contributed by atoms with Gasteiger partial charge in [-0.1, -0.05) is 25.5 Å². The molecule has 2 aromatic carbocycles. The van der Waals surface area contributed by atoms with Crippen LogP contribution < -0.4 is 5.73 Å². The molecule has 3 aromatic rings. The monoisotopic (exact) mass is 336 g/mol. The molecule has 4 N–H and O–H groups in total. The molecule has 0 radical (unpaired) electrons. The lowest BCUT2D eigenvalue weighted by Crippen LogP contribution is -2.10. The summed E-state index contributed by atoms with van der Waals surface area (Å²) in [5.74, 6) is -0.143. The van der Waals surface area contributed by atoms with Gasteiger partial charge in [0.2, 0.25) is 0 Å². The third-order valence-electron chi connectivity index (χ3n) is 4.18. The van der Waals surface area contributed by atoms with Crippen LogP contribution in [0.5, 0.6) is 0 Å². The number of hydrogen-bond acceptors (Lipinski definition) is 3. The lowest BCUT2D eigenvalue weighted by atomic mass is 10.1. The second-order valence-corrected chi connectivity index (χ2v) is 5.94. The number of unbranched alkanes of at least 4 members (excludes halogenated alkanes) is 1. The van der Waals surface area contributed by atoms with E-state index in [1.807, 2.05) is 18.2 Å². The topological polar surface area (TPSA) is 105 Å². The van der Waals surface area contributed by atoms with Crippen molar-refractivity contribution in [3.05, 3.63) is 53.6 Å². The average molecular weight is 336 g/mol. The number of nitrogens with two attached hydrogens (primary N) is 1. The highest BCUT2D eigenvalue weighted by molar-refractivity contribution is 5.98. The van der Waals surface area contributed by atoms with Crippen LogP contribution in [0, 0.1) is 5.41 Å². The Balaban J connectivity index is 2.14. The maximum atomic E-state index is 11.0. The first kappa shape index (κ1) is 16.7. The molecule has 6 heteroatoms. The predicted molar refractivity (Wildman–Crippen MR) is 98.1 cm³/mol. The maximum absolute atomic E-state index is 11.0. The summed E-state index contributed by atoms with van der Waals surface area (Å²) in [5, 5.41) is 16.7. The number of carbonyl (C=O) groups is 1. The molecule has 0 saturated heterocycles. The van der Waals surface area contributed by atoms with E-state index >= 15 is 0 Å². The average Bonchev–Trinajstić information content (AvgIpc) is 2.97. The van der Waals surface area contributed by atoms with Crippen LogP contribution in [0.4, 0.5) is 0 Å². The molecule has 0 unspecified atom stereocenters. The zero-order valence-corrected chi connectivity index (χ0v) is 14.0. The lowest BCUT2D eigenvalue weighted by molar-refractivity contribution is 0.0697. The Hall–Kier alpha value is -3.15. The van der Waals surface area contributed by atoms with Crippen LogP contribution in [0.3, 0.4) is 0 Å². The second kappa shape index (κ2) is 6.76. The van der Waals surface area contributed by atoms with Gasteiger partial charge in [0.1, 0.15) is 11.7 Å². The third-order valence-corrected chi connectivity index (χ3v) is 4.18. The van der Waals surface area contributed by atoms with Crippen LogP contribution in [0.15, 0.2) is 42.5 Å². The van der Waals surface area contributed by atoms with Gasteiger partial charge in [-0.15, -0.1) is 0 Å². The van der Waals surface area contributed by atoms with E-state index in [9.17, 15) is 4.79 Å². The van der Waals surface area contributed by atoms with Crippen LogP contribution in [-0.4, -0.2) is 26.5 Å². The first-order valence-electron chi connectivity index (χ1n) is 8.19. The Morgan fingerprint density at radius 1 is 1.20 bits per heavy atom. The van der Waals surface area contributed by atoms with Crippen molar-refractivity contribution in [2.75, 3.05) is 0 Å². The van der Waals surface area contributed by atoms with Gasteiger partial charge in [-0.25, -0.2) is 9.78 Å². The van der Waals surface area contributed by atoms with E-state index in [1.165, 1.54) is 0 Å². The largest absolute Gasteiger partial charge is 0.478 e. The zero-order chi connectivity index (χ0) is 18.0. The summed E-state index contributed by atoms with van der Waals surface area (Å²) in [4.78, 5) is 15.8. The summed E-state index contributed by atoms with van der Waals surface area (Å²) in [7, 11) is 0. The number of aryl methyl sites for hydroxylation is 1. The molecule has 0 bridgehead atoms. The summed E-state index contributed by atoms with van der Waals surface area (Å²) in [6, 6.07) is 12.3. The minimum atomic E-state index is -0.947. The number of nitrogens with one attached hydrogen (secondary N) is 1. The normalized spacial score (nSPS) is 10.9. The Kier molecular flexibility index (Phi) is 4.52. The van der Waals surface area contributed by atoms with Gasteiger partial charge in [-0.3, -0.25) is 5.41 Å². The number of nitrogen functional groups attached to an aromatic ring is 1.